The SMILES string of the molecule is COc1ccc(-n2nc(C(F)(F)F)c3c2C(=O)N(c2ccc(I)cc2)CC3)c(C(=O)NCc2ncc[nH]2)c1. The van der Waals surface area contributed by atoms with Gasteiger partial charge in [-0.25, -0.2) is 9.67 Å². The molecule has 196 valence electrons. The molecule has 3 heterocycles. The van der Waals surface area contributed by atoms with Gasteiger partial charge in [-0.2, -0.15) is 18.3 Å². The van der Waals surface area contributed by atoms with Crippen molar-refractivity contribution in [1.82, 2.24) is 25.1 Å². The van der Waals surface area contributed by atoms with Crippen LogP contribution in [-0.2, 0) is 19.1 Å². The molecule has 0 saturated heterocycles. The summed E-state index contributed by atoms with van der Waals surface area (Å²) in [6, 6.07) is 11.4. The molecule has 1 aliphatic heterocycles. The standard InChI is InChI=1S/C25H20F3IN6O3/c1-38-16-6-7-19(18(12-16)23(36)32-13-20-30-9-10-31-20)35-21-17(22(33-35)25(26,27)28)8-11-34(24(21)37)15-4-2-14(29)3-5-15/h2-7,9-10,12H,8,11,13H2,1H3,(H,30,31)(H,32,36). The van der Waals surface area contributed by atoms with E-state index in [4.69, 9.17) is 4.74 Å². The third kappa shape index (κ3) is 4.85. The highest BCUT2D eigenvalue weighted by Gasteiger charge is 2.43. The van der Waals surface area contributed by atoms with E-state index in [-0.39, 0.29) is 42.0 Å². The van der Waals surface area contributed by atoms with Gasteiger partial charge in [0, 0.05) is 33.8 Å². The monoisotopic (exact) mass is 636 g/mol. The first-order chi connectivity index (χ1) is 18.2. The third-order valence-electron chi connectivity index (χ3n) is 6.07. The molecule has 9 nitrogen and oxygen atoms in total. The average molecular weight is 636 g/mol. The predicted octanol–water partition coefficient (Wildman–Crippen LogP) is 4.36. The summed E-state index contributed by atoms with van der Waals surface area (Å²) in [5, 5.41) is 6.52. The van der Waals surface area contributed by atoms with E-state index >= 15 is 0 Å². The molecule has 0 bridgehead atoms. The van der Waals surface area contributed by atoms with Gasteiger partial charge in [0.1, 0.15) is 17.3 Å². The van der Waals surface area contributed by atoms with Crippen LogP contribution < -0.4 is 15.0 Å². The number of nitrogens with one attached hydrogen (secondary N) is 2. The van der Waals surface area contributed by atoms with E-state index in [1.807, 2.05) is 12.1 Å². The minimum Gasteiger partial charge on any atom is -0.497 e. The maximum atomic E-state index is 14.0. The van der Waals surface area contributed by atoms with E-state index in [1.165, 1.54) is 36.4 Å². The second-order valence-electron chi connectivity index (χ2n) is 8.37. The molecule has 0 atom stereocenters. The van der Waals surface area contributed by atoms with Crippen molar-refractivity contribution in [2.75, 3.05) is 18.6 Å². The number of fused-ring (bicyclic) bond motifs is 1. The number of benzene rings is 2. The van der Waals surface area contributed by atoms with Crippen molar-refractivity contribution >= 4 is 40.1 Å². The lowest BCUT2D eigenvalue weighted by Gasteiger charge is -2.28. The number of anilines is 1. The predicted molar refractivity (Wildman–Crippen MR) is 139 cm³/mol. The molecule has 38 heavy (non-hydrogen) atoms. The number of carbonyl (C=O) groups is 2. The average Bonchev–Trinajstić information content (AvgIpc) is 3.56. The summed E-state index contributed by atoms with van der Waals surface area (Å²) in [4.78, 5) is 35.2. The van der Waals surface area contributed by atoms with Crippen LogP contribution >= 0.6 is 22.6 Å². The lowest BCUT2D eigenvalue weighted by Crippen LogP contribution is -2.39. The molecule has 0 saturated carbocycles. The van der Waals surface area contributed by atoms with E-state index in [2.05, 4.69) is 43.0 Å². The third-order valence-corrected chi connectivity index (χ3v) is 6.79. The van der Waals surface area contributed by atoms with E-state index in [0.29, 0.717) is 17.3 Å². The van der Waals surface area contributed by atoms with Crippen molar-refractivity contribution in [2.45, 2.75) is 19.1 Å². The first kappa shape index (κ1) is 25.8. The number of rotatable bonds is 6. The number of methoxy groups -OCH3 is 1. The van der Waals surface area contributed by atoms with Crippen LogP contribution in [0, 0.1) is 3.57 Å². The maximum Gasteiger partial charge on any atom is 0.435 e. The number of aromatic nitrogens is 4. The summed E-state index contributed by atoms with van der Waals surface area (Å²) in [5.74, 6) is -0.457. The molecule has 2 N–H and O–H groups in total. The number of nitrogens with zero attached hydrogens (tertiary/aromatic N) is 4. The van der Waals surface area contributed by atoms with Crippen LogP contribution in [0.4, 0.5) is 18.9 Å². The summed E-state index contributed by atoms with van der Waals surface area (Å²) in [5.41, 5.74) is -1.06. The Kier molecular flexibility index (Phi) is 6.86. The molecule has 2 aromatic heterocycles. The number of carbonyl (C=O) groups excluding carboxylic acids is 2. The zero-order valence-corrected chi connectivity index (χ0v) is 22.0. The fraction of sp³-hybridized carbons (Fsp3) is 0.200. The number of aromatic amines is 1. The summed E-state index contributed by atoms with van der Waals surface area (Å²) in [6.07, 6.45) is -1.73. The highest BCUT2D eigenvalue weighted by molar-refractivity contribution is 14.1. The molecule has 0 radical (unpaired) electrons. The molecule has 2 aromatic carbocycles. The Morgan fingerprint density at radius 2 is 1.97 bits per heavy atom. The molecular formula is C25H20F3IN6O3. The second kappa shape index (κ2) is 10.1. The van der Waals surface area contributed by atoms with E-state index < -0.39 is 23.7 Å². The molecule has 0 fully saturated rings. The fourth-order valence-electron chi connectivity index (χ4n) is 4.29. The zero-order valence-electron chi connectivity index (χ0n) is 19.8. The highest BCUT2D eigenvalue weighted by Crippen LogP contribution is 2.38. The summed E-state index contributed by atoms with van der Waals surface area (Å²) >= 11 is 2.13. The lowest BCUT2D eigenvalue weighted by molar-refractivity contribution is -0.141. The van der Waals surface area contributed by atoms with Crippen molar-refractivity contribution < 1.29 is 27.5 Å². The Morgan fingerprint density at radius 3 is 2.63 bits per heavy atom. The van der Waals surface area contributed by atoms with E-state index in [0.717, 1.165) is 8.25 Å². The molecule has 5 rings (SSSR count). The Balaban J connectivity index is 1.62. The van der Waals surface area contributed by atoms with Crippen LogP contribution in [0.1, 0.15) is 37.9 Å². The Morgan fingerprint density at radius 1 is 1.21 bits per heavy atom. The van der Waals surface area contributed by atoms with Gasteiger partial charge >= 0.3 is 6.18 Å². The van der Waals surface area contributed by atoms with Crippen LogP contribution in [0.5, 0.6) is 5.75 Å². The van der Waals surface area contributed by atoms with Gasteiger partial charge in [0.15, 0.2) is 5.69 Å². The molecule has 4 aromatic rings. The van der Waals surface area contributed by atoms with Crippen LogP contribution in [0.15, 0.2) is 54.9 Å². The summed E-state index contributed by atoms with van der Waals surface area (Å²) < 4.78 is 49.2. The molecule has 13 heteroatoms. The number of amides is 2. The van der Waals surface area contributed by atoms with Crippen molar-refractivity contribution in [3.8, 4) is 11.4 Å². The maximum absolute atomic E-state index is 14.0. The Bertz CT molecular complexity index is 1500. The smallest absolute Gasteiger partial charge is 0.435 e. The Labute approximate surface area is 228 Å². The van der Waals surface area contributed by atoms with Gasteiger partial charge < -0.3 is 19.9 Å². The molecule has 2 amide bonds. The number of ether oxygens (including phenoxy) is 1. The van der Waals surface area contributed by atoms with Gasteiger partial charge in [0.05, 0.1) is 24.9 Å². The van der Waals surface area contributed by atoms with Crippen molar-refractivity contribution in [3.05, 3.63) is 86.8 Å². The minimum atomic E-state index is -4.80. The number of alkyl halides is 3. The molecular weight excluding hydrogens is 616 g/mol. The van der Waals surface area contributed by atoms with Gasteiger partial charge in [-0.3, -0.25) is 9.59 Å². The van der Waals surface area contributed by atoms with Crippen LogP contribution in [-0.4, -0.2) is 45.2 Å². The quantitative estimate of drug-likeness (QED) is 0.306. The van der Waals surface area contributed by atoms with Gasteiger partial charge in [-0.1, -0.05) is 0 Å². The van der Waals surface area contributed by atoms with Crippen LogP contribution in [0.2, 0.25) is 0 Å². The number of imidazole rings is 1. The van der Waals surface area contributed by atoms with Gasteiger partial charge in [-0.05, 0) is 71.5 Å². The lowest BCUT2D eigenvalue weighted by atomic mass is 10.0. The zero-order chi connectivity index (χ0) is 27.0. The fourth-order valence-corrected chi connectivity index (χ4v) is 4.65. The van der Waals surface area contributed by atoms with Gasteiger partial charge in [0.2, 0.25) is 0 Å². The number of hydrogen-bond acceptors (Lipinski definition) is 5. The second-order valence-corrected chi connectivity index (χ2v) is 9.62. The van der Waals surface area contributed by atoms with Crippen LogP contribution in [0.25, 0.3) is 5.69 Å². The van der Waals surface area contributed by atoms with E-state index in [9.17, 15) is 22.8 Å². The van der Waals surface area contributed by atoms with E-state index in [1.54, 1.807) is 18.3 Å². The van der Waals surface area contributed by atoms with Crippen molar-refractivity contribution in [1.29, 1.82) is 0 Å². The first-order valence-corrected chi connectivity index (χ1v) is 12.5. The molecule has 1 aliphatic rings. The first-order valence-electron chi connectivity index (χ1n) is 11.4. The van der Waals surface area contributed by atoms with Gasteiger partial charge in [0.25, 0.3) is 11.8 Å². The molecule has 0 spiro atoms. The van der Waals surface area contributed by atoms with Crippen molar-refractivity contribution in [2.24, 2.45) is 0 Å². The summed E-state index contributed by atoms with van der Waals surface area (Å²) in [7, 11) is 1.40. The molecule has 0 unspecified atom stereocenters. The number of hydrogen-bond donors (Lipinski definition) is 2. The Hall–Kier alpha value is -3.88. The van der Waals surface area contributed by atoms with Crippen molar-refractivity contribution in [3.63, 3.8) is 0 Å². The number of halogens is 4. The highest BCUT2D eigenvalue weighted by atomic mass is 127. The van der Waals surface area contributed by atoms with Gasteiger partial charge in [-0.15, -0.1) is 0 Å². The normalized spacial score (nSPS) is 13.4. The minimum absolute atomic E-state index is 0.00676. The van der Waals surface area contributed by atoms with Crippen LogP contribution in [0.3, 0.4) is 0 Å². The largest absolute Gasteiger partial charge is 0.497 e. The topological polar surface area (TPSA) is 105 Å². The number of H-pyrrole nitrogens is 1. The summed E-state index contributed by atoms with van der Waals surface area (Å²) in [6.45, 7) is 0.104. The molecule has 0 aliphatic carbocycles.